The molecule has 7 heteroatoms. The quantitative estimate of drug-likeness (QED) is 0.166. The molecule has 1 spiro atoms. The third-order valence-electron chi connectivity index (χ3n) is 16.6. The smallest absolute Gasteiger partial charge is 0.164 e. The molecule has 14 aromatic rings. The van der Waals surface area contributed by atoms with Crippen molar-refractivity contribution in [1.82, 2.24) is 29.5 Å². The highest BCUT2D eigenvalue weighted by Crippen LogP contribution is 2.63. The third kappa shape index (κ3) is 6.39. The number of aromatic nitrogens is 6. The molecule has 0 aliphatic heterocycles. The lowest BCUT2D eigenvalue weighted by molar-refractivity contribution is 0.563. The molecule has 0 atom stereocenters. The molecule has 10 aromatic carbocycles. The number of thiophene rings is 1. The predicted molar refractivity (Wildman–Crippen MR) is 319 cm³/mol. The predicted octanol–water partition coefficient (Wildman–Crippen LogP) is 17.5. The Kier molecular flexibility index (Phi) is 9.67. The maximum atomic E-state index is 5.70. The Hall–Kier alpha value is -9.69. The fourth-order valence-electron chi connectivity index (χ4n) is 13.1. The molecular weight excluding hydrogens is 969 g/mol. The van der Waals surface area contributed by atoms with Gasteiger partial charge in [0.2, 0.25) is 0 Å². The van der Waals surface area contributed by atoms with Crippen molar-refractivity contribution >= 4 is 53.4 Å². The summed E-state index contributed by atoms with van der Waals surface area (Å²) in [7, 11) is 0. The van der Waals surface area contributed by atoms with E-state index in [1.54, 1.807) is 11.3 Å². The average Bonchev–Trinajstić information content (AvgIpc) is 3.92. The zero-order chi connectivity index (χ0) is 51.7. The second-order valence-electron chi connectivity index (χ2n) is 21.1. The largest absolute Gasteiger partial charge is 0.309 e. The first-order valence-electron chi connectivity index (χ1n) is 26.6. The maximum Gasteiger partial charge on any atom is 0.164 e. The first-order valence-corrected chi connectivity index (χ1v) is 27.4. The van der Waals surface area contributed by atoms with Crippen molar-refractivity contribution in [1.29, 1.82) is 0 Å². The first kappa shape index (κ1) is 44.6. The normalized spacial score (nSPS) is 13.7. The molecule has 2 aliphatic carbocycles. The number of benzene rings is 10. The molecule has 0 bridgehead atoms. The van der Waals surface area contributed by atoms with Crippen LogP contribution in [0.15, 0.2) is 243 Å². The third-order valence-corrected chi connectivity index (χ3v) is 17.7. The van der Waals surface area contributed by atoms with Gasteiger partial charge in [0.15, 0.2) is 23.3 Å². The molecule has 0 amide bonds. The summed E-state index contributed by atoms with van der Waals surface area (Å²) in [6, 6.07) is 87.2. The summed E-state index contributed by atoms with van der Waals surface area (Å²) in [5.74, 6) is 2.51. The summed E-state index contributed by atoms with van der Waals surface area (Å²) in [4.78, 5) is 27.2. The fourth-order valence-corrected chi connectivity index (χ4v) is 14.3. The Morgan fingerprint density at radius 2 is 0.910 bits per heavy atom. The number of hydrogen-bond donors (Lipinski definition) is 0. The van der Waals surface area contributed by atoms with Crippen LogP contribution in [-0.2, 0) is 10.8 Å². The number of para-hydroxylation sites is 2. The van der Waals surface area contributed by atoms with Crippen LogP contribution in [0, 0.1) is 0 Å². The van der Waals surface area contributed by atoms with Crippen LogP contribution in [0.3, 0.4) is 0 Å². The Bertz CT molecular complexity index is 4660. The minimum Gasteiger partial charge on any atom is -0.309 e. The van der Waals surface area contributed by atoms with Crippen LogP contribution in [-0.4, -0.2) is 29.5 Å². The SMILES string of the molecule is CC1(C)c2ccccc2C2(c3ccc(-c4nc(-c5ccc6c7ccccc7n(-c7ccccc7)c6c5)c5sc6ccccc6c5n4)cc3-c3c(-c4nc(-c5ccccc5)nc(-c5ccccc5)n4)cccc32)c2ccccc21. The van der Waals surface area contributed by atoms with Gasteiger partial charge in [0.25, 0.3) is 0 Å². The van der Waals surface area contributed by atoms with Crippen LogP contribution in [0.2, 0.25) is 0 Å². The molecule has 16 rings (SSSR count). The van der Waals surface area contributed by atoms with Crippen molar-refractivity contribution in [3.63, 3.8) is 0 Å². The Morgan fingerprint density at radius 1 is 0.359 bits per heavy atom. The van der Waals surface area contributed by atoms with E-state index in [1.807, 2.05) is 36.4 Å². The van der Waals surface area contributed by atoms with E-state index in [0.717, 1.165) is 71.4 Å². The summed E-state index contributed by atoms with van der Waals surface area (Å²) >= 11 is 1.76. The van der Waals surface area contributed by atoms with Crippen LogP contribution in [0.1, 0.15) is 47.2 Å². The van der Waals surface area contributed by atoms with E-state index >= 15 is 0 Å². The summed E-state index contributed by atoms with van der Waals surface area (Å²) in [6.07, 6.45) is 0. The van der Waals surface area contributed by atoms with Crippen LogP contribution in [0.25, 0.3) is 116 Å². The monoisotopic (exact) mass is 1010 g/mol. The van der Waals surface area contributed by atoms with E-state index < -0.39 is 5.41 Å². The molecule has 2 aliphatic rings. The van der Waals surface area contributed by atoms with E-state index in [4.69, 9.17) is 24.9 Å². The highest BCUT2D eigenvalue weighted by molar-refractivity contribution is 7.26. The lowest BCUT2D eigenvalue weighted by atomic mass is 9.55. The van der Waals surface area contributed by atoms with Gasteiger partial charge in [-0.2, -0.15) is 0 Å². The van der Waals surface area contributed by atoms with Crippen LogP contribution in [0.5, 0.6) is 0 Å². The Labute approximate surface area is 454 Å². The molecule has 0 radical (unpaired) electrons. The Balaban J connectivity index is 0.977. The van der Waals surface area contributed by atoms with Gasteiger partial charge in [-0.05, 0) is 80.9 Å². The number of fused-ring (bicyclic) bond motifs is 15. The molecule has 4 aromatic heterocycles. The van der Waals surface area contributed by atoms with Crippen molar-refractivity contribution in [3.05, 3.63) is 276 Å². The molecule has 78 heavy (non-hydrogen) atoms. The molecule has 0 fully saturated rings. The van der Waals surface area contributed by atoms with Gasteiger partial charge in [0, 0.05) is 59.8 Å². The van der Waals surface area contributed by atoms with Gasteiger partial charge in [-0.25, -0.2) is 24.9 Å². The second-order valence-corrected chi connectivity index (χ2v) is 22.1. The number of hydrogen-bond acceptors (Lipinski definition) is 6. The molecule has 4 heterocycles. The van der Waals surface area contributed by atoms with Crippen molar-refractivity contribution in [2.75, 3.05) is 0 Å². The van der Waals surface area contributed by atoms with Crippen LogP contribution in [0.4, 0.5) is 0 Å². The minimum absolute atomic E-state index is 0.260. The Morgan fingerprint density at radius 3 is 1.62 bits per heavy atom. The van der Waals surface area contributed by atoms with Gasteiger partial charge >= 0.3 is 0 Å². The summed E-state index contributed by atoms with van der Waals surface area (Å²) in [6.45, 7) is 4.74. The molecule has 0 unspecified atom stereocenters. The molecule has 6 nitrogen and oxygen atoms in total. The van der Waals surface area contributed by atoms with Gasteiger partial charge in [-0.15, -0.1) is 11.3 Å². The van der Waals surface area contributed by atoms with Crippen molar-refractivity contribution in [3.8, 4) is 73.6 Å². The summed E-state index contributed by atoms with van der Waals surface area (Å²) < 4.78 is 4.62. The van der Waals surface area contributed by atoms with Crippen molar-refractivity contribution in [2.45, 2.75) is 24.7 Å². The lowest BCUT2D eigenvalue weighted by Gasteiger charge is -2.46. The lowest BCUT2D eigenvalue weighted by Crippen LogP contribution is -2.40. The molecular formula is C71H46N6S. The molecule has 0 saturated heterocycles. The number of rotatable bonds is 6. The zero-order valence-corrected chi connectivity index (χ0v) is 43.5. The van der Waals surface area contributed by atoms with E-state index in [-0.39, 0.29) is 5.41 Å². The summed E-state index contributed by atoms with van der Waals surface area (Å²) in [5, 5.41) is 3.53. The maximum absolute atomic E-state index is 5.70. The van der Waals surface area contributed by atoms with Gasteiger partial charge < -0.3 is 4.57 Å². The van der Waals surface area contributed by atoms with Crippen LogP contribution < -0.4 is 0 Å². The van der Waals surface area contributed by atoms with Gasteiger partial charge in [0.05, 0.1) is 32.4 Å². The van der Waals surface area contributed by atoms with Crippen LogP contribution >= 0.6 is 11.3 Å². The number of nitrogens with zero attached hydrogens (tertiary/aromatic N) is 6. The zero-order valence-electron chi connectivity index (χ0n) is 42.7. The van der Waals surface area contributed by atoms with E-state index in [2.05, 4.69) is 225 Å². The van der Waals surface area contributed by atoms with Crippen molar-refractivity contribution < 1.29 is 0 Å². The summed E-state index contributed by atoms with van der Waals surface area (Å²) in [5.41, 5.74) is 18.8. The first-order chi connectivity index (χ1) is 38.4. The van der Waals surface area contributed by atoms with E-state index in [9.17, 15) is 0 Å². The molecule has 0 saturated carbocycles. The highest BCUT2D eigenvalue weighted by atomic mass is 32.1. The molecule has 0 N–H and O–H groups in total. The van der Waals surface area contributed by atoms with E-state index in [1.165, 1.54) is 54.4 Å². The van der Waals surface area contributed by atoms with E-state index in [0.29, 0.717) is 23.3 Å². The molecule has 366 valence electrons. The fraction of sp³-hybridized carbons (Fsp3) is 0.0563. The standard InChI is InChI=1S/C71H46N6S/c1-70(2)54-30-14-16-32-56(54)71(57-33-17-15-31-55(57)70)53-40-38-46(41-52(53)62-51(29-20-34-58(62)71)69-75-66(43-21-6-3-7-22-43)74-67(76-69)44-23-8-4-9-24-44)68-72-63(65-64(73-68)50-28-13-19-36-61(50)78-65)45-37-39-49-48-27-12-18-35-59(48)77(60(49)42-45)47-25-10-5-11-26-47/h3-42H,1-2H3. The van der Waals surface area contributed by atoms with Gasteiger partial charge in [0.1, 0.15) is 0 Å². The highest BCUT2D eigenvalue weighted by Gasteiger charge is 2.54. The van der Waals surface area contributed by atoms with Gasteiger partial charge in [-0.1, -0.05) is 220 Å². The second kappa shape index (κ2) is 16.9. The topological polar surface area (TPSA) is 69.4 Å². The minimum atomic E-state index is -0.675. The van der Waals surface area contributed by atoms with Crippen molar-refractivity contribution in [2.24, 2.45) is 0 Å². The van der Waals surface area contributed by atoms with Gasteiger partial charge in [-0.3, -0.25) is 0 Å². The average molecular weight is 1020 g/mol.